The lowest BCUT2D eigenvalue weighted by Gasteiger charge is -2.19. The molecule has 2 aromatic rings. The second kappa shape index (κ2) is 8.85. The van der Waals surface area contributed by atoms with Crippen LogP contribution < -0.4 is 15.2 Å². The number of amides is 1. The van der Waals surface area contributed by atoms with E-state index in [1.165, 1.54) is 26.2 Å². The molecule has 0 fully saturated rings. The number of nitrogens with two attached hydrogens (primary N) is 1. The number of benzene rings is 2. The zero-order valence-corrected chi connectivity index (χ0v) is 16.5. The van der Waals surface area contributed by atoms with Crippen LogP contribution in [0.2, 0.25) is 0 Å². The zero-order chi connectivity index (χ0) is 20.9. The number of esters is 1. The van der Waals surface area contributed by atoms with E-state index in [2.05, 4.69) is 5.32 Å². The number of hydrogen-bond acceptors (Lipinski definition) is 6. The fourth-order valence-electron chi connectivity index (χ4n) is 2.46. The van der Waals surface area contributed by atoms with Crippen LogP contribution in [0, 0.1) is 0 Å². The predicted molar refractivity (Wildman–Crippen MR) is 102 cm³/mol. The molecular weight excluding hydrogens is 384 g/mol. The van der Waals surface area contributed by atoms with Crippen molar-refractivity contribution >= 4 is 21.9 Å². The molecule has 0 saturated carbocycles. The van der Waals surface area contributed by atoms with E-state index in [1.807, 2.05) is 30.3 Å². The topological polar surface area (TPSA) is 125 Å². The third-order valence-electron chi connectivity index (χ3n) is 4.03. The van der Waals surface area contributed by atoms with E-state index in [-0.39, 0.29) is 22.3 Å². The van der Waals surface area contributed by atoms with Gasteiger partial charge in [-0.1, -0.05) is 30.3 Å². The van der Waals surface area contributed by atoms with Crippen LogP contribution in [-0.2, 0) is 19.6 Å². The van der Waals surface area contributed by atoms with Crippen LogP contribution in [0.3, 0.4) is 0 Å². The normalized spacial score (nSPS) is 13.3. The second-order valence-electron chi connectivity index (χ2n) is 6.10. The largest absolute Gasteiger partial charge is 0.496 e. The molecular formula is C19H22N2O6S. The van der Waals surface area contributed by atoms with Crippen LogP contribution >= 0.6 is 0 Å². The third kappa shape index (κ3) is 5.30. The fraction of sp³-hybridized carbons (Fsp3) is 0.263. The van der Waals surface area contributed by atoms with Crippen molar-refractivity contribution in [2.45, 2.75) is 30.9 Å². The molecule has 0 saturated heterocycles. The summed E-state index contributed by atoms with van der Waals surface area (Å²) in [6.07, 6.45) is -1.11. The highest BCUT2D eigenvalue weighted by Crippen LogP contribution is 2.23. The Balaban J connectivity index is 2.12. The lowest BCUT2D eigenvalue weighted by atomic mass is 10.1. The molecule has 150 valence electrons. The Labute approximate surface area is 163 Å². The van der Waals surface area contributed by atoms with Crippen molar-refractivity contribution in [1.29, 1.82) is 0 Å². The number of methoxy groups -OCH3 is 1. The van der Waals surface area contributed by atoms with E-state index >= 15 is 0 Å². The minimum atomic E-state index is -4.02. The molecule has 0 aliphatic rings. The van der Waals surface area contributed by atoms with Gasteiger partial charge in [-0.2, -0.15) is 0 Å². The maximum absolute atomic E-state index is 12.5. The minimum Gasteiger partial charge on any atom is -0.496 e. The Kier molecular flexibility index (Phi) is 6.76. The van der Waals surface area contributed by atoms with Crippen molar-refractivity contribution in [3.8, 4) is 5.75 Å². The van der Waals surface area contributed by atoms with Gasteiger partial charge in [-0.15, -0.1) is 0 Å². The number of hydrogen-bond donors (Lipinski definition) is 2. The van der Waals surface area contributed by atoms with Crippen molar-refractivity contribution in [2.75, 3.05) is 7.11 Å². The van der Waals surface area contributed by atoms with Gasteiger partial charge in [-0.25, -0.2) is 18.4 Å². The number of nitrogens with one attached hydrogen (secondary N) is 1. The standard InChI is InChI=1S/C19H22N2O6S/c1-12(14-7-5-4-6-8-14)21-18(22)13(2)27-19(23)16-11-15(28(20,24)25)9-10-17(16)26-3/h4-13H,1-3H3,(H,21,22)(H2,20,24,25)/t12-,13-/m0/s1. The molecule has 28 heavy (non-hydrogen) atoms. The maximum atomic E-state index is 12.5. The number of carbonyl (C=O) groups is 2. The Bertz CT molecular complexity index is 960. The molecule has 0 spiro atoms. The predicted octanol–water partition coefficient (Wildman–Crippen LogP) is 1.77. The summed E-state index contributed by atoms with van der Waals surface area (Å²) in [4.78, 5) is 24.5. The first kappa shape index (κ1) is 21.4. The summed E-state index contributed by atoms with van der Waals surface area (Å²) >= 11 is 0. The highest BCUT2D eigenvalue weighted by atomic mass is 32.2. The minimum absolute atomic E-state index is 0.0997. The number of rotatable bonds is 7. The lowest BCUT2D eigenvalue weighted by molar-refractivity contribution is -0.129. The molecule has 0 heterocycles. The highest BCUT2D eigenvalue weighted by Gasteiger charge is 2.24. The second-order valence-corrected chi connectivity index (χ2v) is 7.66. The Morgan fingerprint density at radius 3 is 2.29 bits per heavy atom. The van der Waals surface area contributed by atoms with Crippen molar-refractivity contribution < 1.29 is 27.5 Å². The van der Waals surface area contributed by atoms with Gasteiger partial charge in [0.2, 0.25) is 10.0 Å². The molecule has 1 amide bonds. The van der Waals surface area contributed by atoms with Gasteiger partial charge in [-0.05, 0) is 37.6 Å². The van der Waals surface area contributed by atoms with Gasteiger partial charge in [0, 0.05) is 0 Å². The van der Waals surface area contributed by atoms with Gasteiger partial charge >= 0.3 is 5.97 Å². The third-order valence-corrected chi connectivity index (χ3v) is 4.94. The van der Waals surface area contributed by atoms with Gasteiger partial charge in [0.05, 0.1) is 18.0 Å². The van der Waals surface area contributed by atoms with Gasteiger partial charge in [-0.3, -0.25) is 4.79 Å². The SMILES string of the molecule is COc1ccc(S(N)(=O)=O)cc1C(=O)O[C@@H](C)C(=O)N[C@@H](C)c1ccccc1. The first-order valence-electron chi connectivity index (χ1n) is 8.40. The quantitative estimate of drug-likeness (QED) is 0.675. The molecule has 0 aliphatic carbocycles. The van der Waals surface area contributed by atoms with Crippen molar-refractivity contribution in [3.63, 3.8) is 0 Å². The van der Waals surface area contributed by atoms with E-state index in [0.717, 1.165) is 11.6 Å². The summed E-state index contributed by atoms with van der Waals surface area (Å²) in [5, 5.41) is 7.85. The summed E-state index contributed by atoms with van der Waals surface area (Å²) in [7, 11) is -2.70. The average Bonchev–Trinajstić information content (AvgIpc) is 2.67. The van der Waals surface area contributed by atoms with E-state index in [4.69, 9.17) is 14.6 Å². The van der Waals surface area contributed by atoms with Crippen LogP contribution in [0.4, 0.5) is 0 Å². The molecule has 0 unspecified atom stereocenters. The summed E-state index contributed by atoms with van der Waals surface area (Å²) < 4.78 is 33.3. The smallest absolute Gasteiger partial charge is 0.342 e. The summed E-state index contributed by atoms with van der Waals surface area (Å²) in [5.74, 6) is -1.30. The number of primary sulfonamides is 1. The van der Waals surface area contributed by atoms with Gasteiger partial charge in [0.25, 0.3) is 5.91 Å². The van der Waals surface area contributed by atoms with Crippen LogP contribution in [0.5, 0.6) is 5.75 Å². The molecule has 0 aromatic heterocycles. The molecule has 0 aliphatic heterocycles. The van der Waals surface area contributed by atoms with Gasteiger partial charge < -0.3 is 14.8 Å². The Morgan fingerprint density at radius 1 is 1.07 bits per heavy atom. The summed E-state index contributed by atoms with van der Waals surface area (Å²) in [6, 6.07) is 12.6. The van der Waals surface area contributed by atoms with Crippen LogP contribution in [-0.4, -0.2) is 33.5 Å². The first-order chi connectivity index (χ1) is 13.1. The number of sulfonamides is 1. The lowest BCUT2D eigenvalue weighted by Crippen LogP contribution is -2.37. The molecule has 0 bridgehead atoms. The summed E-state index contributed by atoms with van der Waals surface area (Å²) in [6.45, 7) is 3.22. The first-order valence-corrected chi connectivity index (χ1v) is 9.95. The highest BCUT2D eigenvalue weighted by molar-refractivity contribution is 7.89. The molecule has 9 heteroatoms. The molecule has 2 atom stereocenters. The van der Waals surface area contributed by atoms with E-state index in [1.54, 1.807) is 6.92 Å². The Hall–Kier alpha value is -2.91. The molecule has 0 radical (unpaired) electrons. The van der Waals surface area contributed by atoms with Gasteiger partial charge in [0.15, 0.2) is 6.10 Å². The monoisotopic (exact) mass is 406 g/mol. The Morgan fingerprint density at radius 2 is 1.71 bits per heavy atom. The van der Waals surface area contributed by atoms with Crippen molar-refractivity contribution in [2.24, 2.45) is 5.14 Å². The van der Waals surface area contributed by atoms with Crippen LogP contribution in [0.25, 0.3) is 0 Å². The molecule has 2 rings (SSSR count). The average molecular weight is 406 g/mol. The molecule has 8 nitrogen and oxygen atoms in total. The zero-order valence-electron chi connectivity index (χ0n) is 15.7. The van der Waals surface area contributed by atoms with Crippen LogP contribution in [0.15, 0.2) is 53.4 Å². The fourth-order valence-corrected chi connectivity index (χ4v) is 3.00. The molecule has 3 N–H and O–H groups in total. The van der Waals surface area contributed by atoms with Crippen molar-refractivity contribution in [1.82, 2.24) is 5.32 Å². The van der Waals surface area contributed by atoms with E-state index in [0.29, 0.717) is 0 Å². The number of carbonyl (C=O) groups excluding carboxylic acids is 2. The molecule has 2 aromatic carbocycles. The van der Waals surface area contributed by atoms with E-state index in [9.17, 15) is 18.0 Å². The maximum Gasteiger partial charge on any atom is 0.342 e. The van der Waals surface area contributed by atoms with E-state index < -0.39 is 28.0 Å². The van der Waals surface area contributed by atoms with Gasteiger partial charge in [0.1, 0.15) is 11.3 Å². The summed E-state index contributed by atoms with van der Waals surface area (Å²) in [5.41, 5.74) is 0.752. The van der Waals surface area contributed by atoms with Crippen molar-refractivity contribution in [3.05, 3.63) is 59.7 Å². The van der Waals surface area contributed by atoms with Crippen LogP contribution in [0.1, 0.15) is 35.8 Å². The number of ether oxygens (including phenoxy) is 2.